The number of aromatic nitrogens is 1. The van der Waals surface area contributed by atoms with Gasteiger partial charge in [-0.05, 0) is 32.0 Å². The van der Waals surface area contributed by atoms with Gasteiger partial charge in [-0.25, -0.2) is 9.37 Å². The Kier molecular flexibility index (Phi) is 4.48. The number of rotatable bonds is 4. The number of hydrogen-bond acceptors (Lipinski definition) is 3. The Morgan fingerprint density at radius 1 is 1.50 bits per heavy atom. The average molecular weight is 329 g/mol. The molecule has 0 saturated heterocycles. The van der Waals surface area contributed by atoms with Gasteiger partial charge < -0.3 is 5.32 Å². The first-order valence-corrected chi connectivity index (χ1v) is 7.32. The fraction of sp³-hybridized carbons (Fsp3) is 0.308. The number of hydrogen-bond donors (Lipinski definition) is 1. The minimum atomic E-state index is -0.181. The molecule has 0 saturated carbocycles. The highest BCUT2D eigenvalue weighted by molar-refractivity contribution is 9.10. The maximum absolute atomic E-state index is 13.7. The number of thiazole rings is 1. The van der Waals surface area contributed by atoms with Gasteiger partial charge in [0.05, 0.1) is 11.2 Å². The van der Waals surface area contributed by atoms with Crippen molar-refractivity contribution in [1.29, 1.82) is 0 Å². The maximum Gasteiger partial charge on any atom is 0.128 e. The van der Waals surface area contributed by atoms with Crippen LogP contribution in [0, 0.1) is 12.7 Å². The lowest BCUT2D eigenvalue weighted by atomic mass is 10.1. The second-order valence-electron chi connectivity index (χ2n) is 4.13. The molecule has 1 aromatic carbocycles. The van der Waals surface area contributed by atoms with Crippen LogP contribution in [0.5, 0.6) is 0 Å². The molecule has 2 rings (SSSR count). The minimum Gasteiger partial charge on any atom is -0.305 e. The molecule has 0 aliphatic rings. The summed E-state index contributed by atoms with van der Waals surface area (Å²) in [6, 6.07) is 4.96. The Morgan fingerprint density at radius 2 is 2.28 bits per heavy atom. The van der Waals surface area contributed by atoms with Crippen molar-refractivity contribution in [3.8, 4) is 0 Å². The summed E-state index contributed by atoms with van der Waals surface area (Å²) in [5.74, 6) is -0.181. The highest BCUT2D eigenvalue weighted by Gasteiger charge is 2.12. The molecule has 1 aromatic heterocycles. The van der Waals surface area contributed by atoms with Crippen LogP contribution in [0.2, 0.25) is 0 Å². The van der Waals surface area contributed by atoms with Crippen molar-refractivity contribution in [3.05, 3.63) is 50.1 Å². The van der Waals surface area contributed by atoms with E-state index in [1.54, 1.807) is 17.4 Å². The third kappa shape index (κ3) is 3.16. The van der Waals surface area contributed by atoms with Crippen LogP contribution < -0.4 is 5.32 Å². The molecule has 2 aromatic rings. The van der Waals surface area contributed by atoms with Crippen LogP contribution in [0.4, 0.5) is 4.39 Å². The minimum absolute atomic E-state index is 0.0380. The zero-order valence-electron chi connectivity index (χ0n) is 10.2. The molecular weight excluding hydrogens is 315 g/mol. The molecule has 0 aliphatic heterocycles. The number of benzene rings is 1. The molecule has 18 heavy (non-hydrogen) atoms. The van der Waals surface area contributed by atoms with E-state index in [0.717, 1.165) is 10.2 Å². The van der Waals surface area contributed by atoms with Gasteiger partial charge in [-0.15, -0.1) is 11.3 Å². The van der Waals surface area contributed by atoms with E-state index in [1.807, 2.05) is 25.4 Å². The van der Waals surface area contributed by atoms with Crippen LogP contribution in [0.25, 0.3) is 0 Å². The number of nitrogens with one attached hydrogen (secondary N) is 1. The van der Waals surface area contributed by atoms with E-state index in [4.69, 9.17) is 0 Å². The normalized spacial score (nSPS) is 12.7. The number of halogens is 2. The van der Waals surface area contributed by atoms with E-state index in [-0.39, 0.29) is 11.9 Å². The van der Waals surface area contributed by atoms with Gasteiger partial charge in [-0.1, -0.05) is 15.9 Å². The van der Waals surface area contributed by atoms with Gasteiger partial charge in [-0.3, -0.25) is 0 Å². The Balaban J connectivity index is 2.06. The summed E-state index contributed by atoms with van der Waals surface area (Å²) >= 11 is 4.98. The molecular formula is C13H14BrFN2S. The predicted molar refractivity (Wildman–Crippen MR) is 76.2 cm³/mol. The molecule has 0 fully saturated rings. The quantitative estimate of drug-likeness (QED) is 0.909. The molecule has 5 heteroatoms. The zero-order valence-corrected chi connectivity index (χ0v) is 12.6. The van der Waals surface area contributed by atoms with Crippen molar-refractivity contribution in [1.82, 2.24) is 10.3 Å². The number of nitrogens with zero attached hydrogens (tertiary/aromatic N) is 1. The van der Waals surface area contributed by atoms with Crippen molar-refractivity contribution in [2.75, 3.05) is 0 Å². The van der Waals surface area contributed by atoms with Gasteiger partial charge in [0, 0.05) is 27.5 Å². The van der Waals surface area contributed by atoms with Crippen molar-refractivity contribution in [2.45, 2.75) is 26.4 Å². The summed E-state index contributed by atoms with van der Waals surface area (Å²) in [4.78, 5) is 5.39. The smallest absolute Gasteiger partial charge is 0.128 e. The Bertz CT molecular complexity index is 542. The van der Waals surface area contributed by atoms with E-state index < -0.39 is 0 Å². The second kappa shape index (κ2) is 5.91. The van der Waals surface area contributed by atoms with Crippen LogP contribution in [0.1, 0.15) is 29.1 Å². The molecule has 2 nitrogen and oxygen atoms in total. The summed E-state index contributed by atoms with van der Waals surface area (Å²) in [7, 11) is 0. The van der Waals surface area contributed by atoms with Crippen molar-refractivity contribution in [2.24, 2.45) is 0 Å². The molecule has 1 heterocycles. The van der Waals surface area contributed by atoms with Crippen LogP contribution in [-0.2, 0) is 6.54 Å². The predicted octanol–water partition coefficient (Wildman–Crippen LogP) is 4.20. The van der Waals surface area contributed by atoms with Crippen molar-refractivity contribution >= 4 is 27.3 Å². The number of aryl methyl sites for hydroxylation is 1. The van der Waals surface area contributed by atoms with Gasteiger partial charge in [0.15, 0.2) is 0 Å². The summed E-state index contributed by atoms with van der Waals surface area (Å²) < 4.78 is 14.6. The highest BCUT2D eigenvalue weighted by atomic mass is 79.9. The lowest BCUT2D eigenvalue weighted by Crippen LogP contribution is -2.19. The Labute approximate surface area is 118 Å². The summed E-state index contributed by atoms with van der Waals surface area (Å²) in [6.07, 6.45) is 0. The largest absolute Gasteiger partial charge is 0.305 e. The molecule has 0 spiro atoms. The average Bonchev–Trinajstić information content (AvgIpc) is 2.75. The Morgan fingerprint density at radius 3 is 2.94 bits per heavy atom. The molecule has 0 aliphatic carbocycles. The molecule has 0 unspecified atom stereocenters. The van der Waals surface area contributed by atoms with Crippen molar-refractivity contribution in [3.63, 3.8) is 0 Å². The first-order chi connectivity index (χ1) is 8.58. The monoisotopic (exact) mass is 328 g/mol. The third-order valence-corrected chi connectivity index (χ3v) is 4.27. The van der Waals surface area contributed by atoms with Crippen LogP contribution >= 0.6 is 27.3 Å². The summed E-state index contributed by atoms with van der Waals surface area (Å²) in [5.41, 5.74) is 3.54. The maximum atomic E-state index is 13.7. The van der Waals surface area contributed by atoms with E-state index >= 15 is 0 Å². The SMILES string of the molecule is Cc1ncsc1CN[C@@H](C)c1cc(Br)ccc1F. The van der Waals surface area contributed by atoms with E-state index in [9.17, 15) is 4.39 Å². The molecule has 1 atom stereocenters. The van der Waals surface area contributed by atoms with Gasteiger partial charge in [0.1, 0.15) is 5.82 Å². The molecule has 1 N–H and O–H groups in total. The lowest BCUT2D eigenvalue weighted by molar-refractivity contribution is 0.529. The highest BCUT2D eigenvalue weighted by Crippen LogP contribution is 2.22. The summed E-state index contributed by atoms with van der Waals surface area (Å²) in [5, 5.41) is 3.32. The standard InChI is InChI=1S/C13H14BrFN2S/c1-8(11-5-10(14)3-4-12(11)15)16-6-13-9(2)17-7-18-13/h3-5,7-8,16H,6H2,1-2H3/t8-/m0/s1. The second-order valence-corrected chi connectivity index (χ2v) is 5.98. The van der Waals surface area contributed by atoms with Gasteiger partial charge in [-0.2, -0.15) is 0 Å². The van der Waals surface area contributed by atoms with E-state index in [1.165, 1.54) is 10.9 Å². The van der Waals surface area contributed by atoms with E-state index in [2.05, 4.69) is 26.2 Å². The lowest BCUT2D eigenvalue weighted by Gasteiger charge is -2.15. The third-order valence-electron chi connectivity index (χ3n) is 2.84. The van der Waals surface area contributed by atoms with Crippen LogP contribution in [0.15, 0.2) is 28.2 Å². The zero-order chi connectivity index (χ0) is 13.1. The van der Waals surface area contributed by atoms with Gasteiger partial charge in [0.2, 0.25) is 0 Å². The molecule has 96 valence electrons. The molecule has 0 amide bonds. The Hall–Kier alpha value is -0.780. The fourth-order valence-electron chi connectivity index (χ4n) is 1.70. The molecule has 0 bridgehead atoms. The van der Waals surface area contributed by atoms with Gasteiger partial charge >= 0.3 is 0 Å². The van der Waals surface area contributed by atoms with Crippen molar-refractivity contribution < 1.29 is 4.39 Å². The molecule has 0 radical (unpaired) electrons. The summed E-state index contributed by atoms with van der Waals surface area (Å²) in [6.45, 7) is 4.66. The van der Waals surface area contributed by atoms with E-state index in [0.29, 0.717) is 12.1 Å². The first kappa shape index (κ1) is 13.6. The first-order valence-electron chi connectivity index (χ1n) is 5.65. The fourth-order valence-corrected chi connectivity index (χ4v) is 2.80. The van der Waals surface area contributed by atoms with Crippen LogP contribution in [-0.4, -0.2) is 4.98 Å². The topological polar surface area (TPSA) is 24.9 Å². The van der Waals surface area contributed by atoms with Gasteiger partial charge in [0.25, 0.3) is 0 Å². The van der Waals surface area contributed by atoms with Crippen LogP contribution in [0.3, 0.4) is 0 Å².